The lowest BCUT2D eigenvalue weighted by Gasteiger charge is -2.17. The van der Waals surface area contributed by atoms with Crippen LogP contribution in [0.2, 0.25) is 0 Å². The molecule has 0 aromatic rings. The Bertz CT molecular complexity index is 232. The third-order valence-electron chi connectivity index (χ3n) is 2.91. The molecule has 0 N–H and O–H groups in total. The van der Waals surface area contributed by atoms with Gasteiger partial charge in [-0.05, 0) is 13.8 Å². The zero-order valence-electron chi connectivity index (χ0n) is 8.53. The Hall–Kier alpha value is -0.700. The van der Waals surface area contributed by atoms with Crippen molar-refractivity contribution in [2.45, 2.75) is 39.4 Å². The van der Waals surface area contributed by atoms with Crippen LogP contribution in [0, 0.1) is 11.3 Å². The Labute approximate surface area is 78.5 Å². The molecule has 2 unspecified atom stereocenters. The van der Waals surface area contributed by atoms with E-state index in [0.717, 1.165) is 12.6 Å². The summed E-state index contributed by atoms with van der Waals surface area (Å²) in [5.74, 6) is -0.292. The quantitative estimate of drug-likeness (QED) is 0.617. The Balaban J connectivity index is 2.86. The number of hydrogen-bond acceptors (Lipinski definition) is 3. The highest BCUT2D eigenvalue weighted by atomic mass is 16.5. The van der Waals surface area contributed by atoms with Crippen molar-refractivity contribution >= 4 is 12.6 Å². The molecule has 3 nitrogen and oxygen atoms in total. The van der Waals surface area contributed by atoms with Gasteiger partial charge in [-0.15, -0.1) is 0 Å². The largest absolute Gasteiger partial charge is 0.363 e. The summed E-state index contributed by atoms with van der Waals surface area (Å²) in [6, 6.07) is 0. The van der Waals surface area contributed by atoms with E-state index in [1.54, 1.807) is 0 Å². The molecule has 0 aromatic heterocycles. The smallest absolute Gasteiger partial charge is 0.153 e. The highest BCUT2D eigenvalue weighted by molar-refractivity contribution is 5.82. The predicted molar refractivity (Wildman–Crippen MR) is 48.4 cm³/mol. The molecule has 2 atom stereocenters. The summed E-state index contributed by atoms with van der Waals surface area (Å²) >= 11 is 0. The summed E-state index contributed by atoms with van der Waals surface area (Å²) in [4.78, 5) is 21.6. The van der Waals surface area contributed by atoms with Crippen LogP contribution in [-0.4, -0.2) is 24.3 Å². The fourth-order valence-corrected chi connectivity index (χ4v) is 1.94. The van der Waals surface area contributed by atoms with Gasteiger partial charge in [0, 0.05) is 5.41 Å². The van der Waals surface area contributed by atoms with Gasteiger partial charge in [-0.2, -0.15) is 0 Å². The summed E-state index contributed by atoms with van der Waals surface area (Å²) in [7, 11) is 0. The molecule has 0 saturated heterocycles. The number of rotatable bonds is 4. The average molecular weight is 184 g/mol. The first-order valence-corrected chi connectivity index (χ1v) is 4.52. The molecule has 0 bridgehead atoms. The van der Waals surface area contributed by atoms with E-state index < -0.39 is 5.60 Å². The van der Waals surface area contributed by atoms with Crippen molar-refractivity contribution in [3.05, 3.63) is 0 Å². The number of ether oxygens (including phenoxy) is 1. The number of hydrogen-bond donors (Lipinski definition) is 0. The van der Waals surface area contributed by atoms with E-state index in [0.29, 0.717) is 0 Å². The molecule has 0 aromatic carbocycles. The van der Waals surface area contributed by atoms with Crippen molar-refractivity contribution in [2.75, 3.05) is 0 Å². The van der Waals surface area contributed by atoms with Gasteiger partial charge in [-0.25, -0.2) is 0 Å². The summed E-state index contributed by atoms with van der Waals surface area (Å²) in [6.07, 6.45) is 1.55. The van der Waals surface area contributed by atoms with Crippen molar-refractivity contribution in [2.24, 2.45) is 11.3 Å². The first-order valence-electron chi connectivity index (χ1n) is 4.52. The van der Waals surface area contributed by atoms with E-state index >= 15 is 0 Å². The van der Waals surface area contributed by atoms with Crippen LogP contribution < -0.4 is 0 Å². The van der Waals surface area contributed by atoms with Gasteiger partial charge in [0.15, 0.2) is 6.29 Å². The van der Waals surface area contributed by atoms with Gasteiger partial charge in [0.05, 0.1) is 12.0 Å². The molecular formula is C10H16O3. The maximum absolute atomic E-state index is 10.9. The van der Waals surface area contributed by atoms with Gasteiger partial charge < -0.3 is 14.3 Å². The molecule has 0 radical (unpaired) electrons. The maximum atomic E-state index is 10.9. The second-order valence-corrected chi connectivity index (χ2v) is 4.41. The van der Waals surface area contributed by atoms with Crippen LogP contribution in [0.25, 0.3) is 0 Å². The molecular weight excluding hydrogens is 168 g/mol. The summed E-state index contributed by atoms with van der Waals surface area (Å²) in [6.45, 7) is 7.48. The van der Waals surface area contributed by atoms with Crippen LogP contribution >= 0.6 is 0 Å². The third-order valence-corrected chi connectivity index (χ3v) is 2.91. The Morgan fingerprint density at radius 1 is 1.31 bits per heavy atom. The van der Waals surface area contributed by atoms with Crippen molar-refractivity contribution in [1.82, 2.24) is 0 Å². The van der Waals surface area contributed by atoms with E-state index in [9.17, 15) is 9.59 Å². The molecule has 13 heavy (non-hydrogen) atoms. The Kier molecular flexibility index (Phi) is 2.32. The zero-order valence-corrected chi connectivity index (χ0v) is 8.53. The van der Waals surface area contributed by atoms with E-state index in [-0.39, 0.29) is 17.4 Å². The first kappa shape index (κ1) is 10.4. The molecule has 3 heteroatoms. The lowest BCUT2D eigenvalue weighted by atomic mass is 10.1. The van der Waals surface area contributed by atoms with Gasteiger partial charge >= 0.3 is 0 Å². The van der Waals surface area contributed by atoms with Gasteiger partial charge in [0.2, 0.25) is 0 Å². The maximum Gasteiger partial charge on any atom is 0.153 e. The van der Waals surface area contributed by atoms with E-state index in [4.69, 9.17) is 4.74 Å². The lowest BCUT2D eigenvalue weighted by Crippen LogP contribution is -2.27. The topological polar surface area (TPSA) is 43.4 Å². The van der Waals surface area contributed by atoms with Gasteiger partial charge in [0.1, 0.15) is 11.9 Å². The predicted octanol–water partition coefficient (Wildman–Crippen LogP) is 1.20. The third kappa shape index (κ3) is 1.22. The molecule has 1 aliphatic carbocycles. The molecule has 0 amide bonds. The molecule has 1 aliphatic rings. The average Bonchev–Trinajstić information content (AvgIpc) is 2.46. The second-order valence-electron chi connectivity index (χ2n) is 4.41. The minimum absolute atomic E-state index is 0.0329. The Morgan fingerprint density at radius 2 is 1.85 bits per heavy atom. The van der Waals surface area contributed by atoms with E-state index in [2.05, 4.69) is 0 Å². The molecule has 0 heterocycles. The number of aldehydes is 2. The fraction of sp³-hybridized carbons (Fsp3) is 0.800. The zero-order chi connectivity index (χ0) is 10.3. The summed E-state index contributed by atoms with van der Waals surface area (Å²) < 4.78 is 5.52. The molecule has 0 aliphatic heterocycles. The minimum atomic E-state index is -0.872. The van der Waals surface area contributed by atoms with Crippen molar-refractivity contribution in [3.8, 4) is 0 Å². The number of carbonyl (C=O) groups is 2. The first-order chi connectivity index (χ1) is 5.92. The van der Waals surface area contributed by atoms with Crippen LogP contribution in [0.4, 0.5) is 0 Å². The van der Waals surface area contributed by atoms with Crippen LogP contribution in [0.5, 0.6) is 0 Å². The molecule has 0 spiro atoms. The van der Waals surface area contributed by atoms with Crippen LogP contribution in [0.15, 0.2) is 0 Å². The van der Waals surface area contributed by atoms with E-state index in [1.807, 2.05) is 27.7 Å². The molecule has 1 fully saturated rings. The highest BCUT2D eigenvalue weighted by Crippen LogP contribution is 2.62. The molecule has 1 rings (SSSR count). The number of carbonyl (C=O) groups excluding carboxylic acids is 2. The minimum Gasteiger partial charge on any atom is -0.363 e. The van der Waals surface area contributed by atoms with Crippen LogP contribution in [0.1, 0.15) is 27.7 Å². The molecule has 1 saturated carbocycles. The van der Waals surface area contributed by atoms with Crippen molar-refractivity contribution in [1.29, 1.82) is 0 Å². The van der Waals surface area contributed by atoms with Crippen LogP contribution in [0.3, 0.4) is 0 Å². The lowest BCUT2D eigenvalue weighted by molar-refractivity contribution is -0.130. The normalized spacial score (nSPS) is 35.9. The van der Waals surface area contributed by atoms with Crippen LogP contribution in [-0.2, 0) is 14.3 Å². The second kappa shape index (κ2) is 2.91. The summed E-state index contributed by atoms with van der Waals surface area (Å²) in [5, 5.41) is 0. The highest BCUT2D eigenvalue weighted by Gasteiger charge is 2.73. The van der Waals surface area contributed by atoms with Gasteiger partial charge in [-0.3, -0.25) is 0 Å². The SMILES string of the molecule is CC(C)OC1(C=O)C(C=O)C1(C)C. The standard InChI is InChI=1S/C10H16O3/c1-7(2)13-10(6-12)8(5-11)9(10,3)4/h5-8H,1-4H3. The van der Waals surface area contributed by atoms with E-state index in [1.165, 1.54) is 0 Å². The monoisotopic (exact) mass is 184 g/mol. The molecule has 74 valence electrons. The van der Waals surface area contributed by atoms with Gasteiger partial charge in [0.25, 0.3) is 0 Å². The summed E-state index contributed by atoms with van der Waals surface area (Å²) in [5.41, 5.74) is -1.22. The van der Waals surface area contributed by atoms with Crippen molar-refractivity contribution in [3.63, 3.8) is 0 Å². The Morgan fingerprint density at radius 3 is 2.08 bits per heavy atom. The fourth-order valence-electron chi connectivity index (χ4n) is 1.94. The van der Waals surface area contributed by atoms with Crippen molar-refractivity contribution < 1.29 is 14.3 Å². The van der Waals surface area contributed by atoms with Gasteiger partial charge in [-0.1, -0.05) is 13.8 Å².